The van der Waals surface area contributed by atoms with E-state index in [0.29, 0.717) is 12.8 Å². The lowest BCUT2D eigenvalue weighted by Crippen LogP contribution is -2.40. The second-order valence-corrected chi connectivity index (χ2v) is 8.68. The van der Waals surface area contributed by atoms with E-state index in [-0.39, 0.29) is 12.2 Å². The van der Waals surface area contributed by atoms with Crippen LogP contribution in [0.4, 0.5) is 0 Å². The van der Waals surface area contributed by atoms with Gasteiger partial charge in [-0.1, -0.05) is 71.8 Å². The molecule has 0 aromatic rings. The molecule has 0 rings (SSSR count). The van der Waals surface area contributed by atoms with E-state index in [9.17, 15) is 9.36 Å². The normalized spacial score (nSPS) is 12.2. The molecular formula is C20H39O6P. The first-order valence-corrected chi connectivity index (χ1v) is 11.8. The van der Waals surface area contributed by atoms with E-state index in [4.69, 9.17) is 19.0 Å². The second-order valence-electron chi connectivity index (χ2n) is 7.45. The number of carbonyl (C=O) groups excluding carboxylic acids is 1. The topological polar surface area (TPSA) is 93.1 Å². The lowest BCUT2D eigenvalue weighted by molar-refractivity contribution is -0.161. The third kappa shape index (κ3) is 14.0. The van der Waals surface area contributed by atoms with Crippen LogP contribution in [0.5, 0.6) is 0 Å². The number of unbranched alkanes of at least 4 members (excludes halogenated alkanes) is 8. The average Bonchev–Trinajstić information content (AvgIpc) is 2.58. The summed E-state index contributed by atoms with van der Waals surface area (Å²) in [6.07, 6.45) is 11.4. The first-order chi connectivity index (χ1) is 12.7. The number of rotatable bonds is 17. The minimum atomic E-state index is -4.64. The van der Waals surface area contributed by atoms with Gasteiger partial charge < -0.3 is 14.5 Å². The zero-order valence-electron chi connectivity index (χ0n) is 17.4. The summed E-state index contributed by atoms with van der Waals surface area (Å²) in [6, 6.07) is 0. The molecule has 0 amide bonds. The van der Waals surface area contributed by atoms with Gasteiger partial charge in [0.25, 0.3) is 0 Å². The monoisotopic (exact) mass is 406 g/mol. The number of carbonyl (C=O) groups is 1. The molecule has 0 radical (unpaired) electrons. The number of phosphoric acid groups is 1. The van der Waals surface area contributed by atoms with Crippen LogP contribution in [0.3, 0.4) is 0 Å². The number of esters is 1. The van der Waals surface area contributed by atoms with Crippen LogP contribution in [0.1, 0.15) is 97.8 Å². The van der Waals surface area contributed by atoms with Gasteiger partial charge in [-0.05, 0) is 32.6 Å². The van der Waals surface area contributed by atoms with Crippen molar-refractivity contribution < 1.29 is 28.4 Å². The van der Waals surface area contributed by atoms with Crippen molar-refractivity contribution in [3.63, 3.8) is 0 Å². The summed E-state index contributed by atoms with van der Waals surface area (Å²) in [5.74, 6) is -0.536. The Labute approximate surface area is 165 Å². The summed E-state index contributed by atoms with van der Waals surface area (Å²) >= 11 is 0. The van der Waals surface area contributed by atoms with E-state index >= 15 is 0 Å². The Morgan fingerprint density at radius 1 is 0.926 bits per heavy atom. The number of hydrogen-bond donors (Lipinski definition) is 2. The van der Waals surface area contributed by atoms with Gasteiger partial charge in [0.05, 0.1) is 6.61 Å². The predicted molar refractivity (Wildman–Crippen MR) is 108 cm³/mol. The minimum Gasteiger partial charge on any atom is -0.453 e. The summed E-state index contributed by atoms with van der Waals surface area (Å²) in [4.78, 5) is 30.5. The molecule has 27 heavy (non-hydrogen) atoms. The molecule has 2 N–H and O–H groups in total. The van der Waals surface area contributed by atoms with Crippen LogP contribution in [-0.4, -0.2) is 28.0 Å². The number of hydrogen-bond acceptors (Lipinski definition) is 4. The molecular weight excluding hydrogens is 367 g/mol. The first kappa shape index (κ1) is 26.3. The molecule has 0 saturated carbocycles. The molecule has 6 nitrogen and oxygen atoms in total. The van der Waals surface area contributed by atoms with Crippen molar-refractivity contribution in [3.05, 3.63) is 12.2 Å². The SMILES string of the molecule is C=C(C)C(=O)OC(CCCCCCC)(CCCCCCC)COP(=O)(O)O. The van der Waals surface area contributed by atoms with E-state index in [2.05, 4.69) is 20.4 Å². The molecule has 0 saturated heterocycles. The maximum atomic E-state index is 12.2. The van der Waals surface area contributed by atoms with Crippen molar-refractivity contribution in [3.8, 4) is 0 Å². The van der Waals surface area contributed by atoms with Crippen LogP contribution in [0.25, 0.3) is 0 Å². The minimum absolute atomic E-state index is 0.271. The van der Waals surface area contributed by atoms with Crippen LogP contribution < -0.4 is 0 Å². The zero-order chi connectivity index (χ0) is 20.8. The Hall–Kier alpha value is -0.680. The Bertz CT molecular complexity index is 457. The Morgan fingerprint density at radius 2 is 1.37 bits per heavy atom. The van der Waals surface area contributed by atoms with Gasteiger partial charge in [0.1, 0.15) is 5.60 Å². The van der Waals surface area contributed by atoms with Crippen LogP contribution >= 0.6 is 7.82 Å². The molecule has 160 valence electrons. The van der Waals surface area contributed by atoms with Crippen LogP contribution in [-0.2, 0) is 18.6 Å². The summed E-state index contributed by atoms with van der Waals surface area (Å²) < 4.78 is 21.7. The molecule has 0 aliphatic carbocycles. The largest absolute Gasteiger partial charge is 0.469 e. The molecule has 0 fully saturated rings. The third-order valence-electron chi connectivity index (χ3n) is 4.63. The van der Waals surface area contributed by atoms with Crippen LogP contribution in [0, 0.1) is 0 Å². The lowest BCUT2D eigenvalue weighted by atomic mass is 9.90. The Morgan fingerprint density at radius 3 is 1.74 bits per heavy atom. The third-order valence-corrected chi connectivity index (χ3v) is 5.09. The fraction of sp³-hybridized carbons (Fsp3) is 0.850. The highest BCUT2D eigenvalue weighted by Gasteiger charge is 2.36. The highest BCUT2D eigenvalue weighted by Crippen LogP contribution is 2.39. The molecule has 0 aromatic carbocycles. The summed E-state index contributed by atoms with van der Waals surface area (Å²) in [5.41, 5.74) is -0.747. The fourth-order valence-corrected chi connectivity index (χ4v) is 3.39. The summed E-state index contributed by atoms with van der Waals surface area (Å²) in [6.45, 7) is 9.18. The molecule has 0 aliphatic rings. The second kappa shape index (κ2) is 14.3. The van der Waals surface area contributed by atoms with Crippen molar-refractivity contribution in [2.24, 2.45) is 0 Å². The summed E-state index contributed by atoms with van der Waals surface area (Å²) in [5, 5.41) is 0. The molecule has 0 bridgehead atoms. The fourth-order valence-electron chi connectivity index (χ4n) is 2.99. The smallest absolute Gasteiger partial charge is 0.453 e. The average molecular weight is 407 g/mol. The molecule has 0 spiro atoms. The predicted octanol–water partition coefficient (Wildman–Crippen LogP) is 5.67. The maximum Gasteiger partial charge on any atom is 0.469 e. The Kier molecular flexibility index (Phi) is 14.0. The number of ether oxygens (including phenoxy) is 1. The van der Waals surface area contributed by atoms with Gasteiger partial charge in [0, 0.05) is 5.57 Å². The van der Waals surface area contributed by atoms with Crippen molar-refractivity contribution in [1.82, 2.24) is 0 Å². The van der Waals surface area contributed by atoms with Crippen molar-refractivity contribution in [1.29, 1.82) is 0 Å². The van der Waals surface area contributed by atoms with Gasteiger partial charge in [-0.25, -0.2) is 9.36 Å². The highest BCUT2D eigenvalue weighted by molar-refractivity contribution is 7.46. The first-order valence-electron chi connectivity index (χ1n) is 10.2. The van der Waals surface area contributed by atoms with Crippen LogP contribution in [0.2, 0.25) is 0 Å². The van der Waals surface area contributed by atoms with Gasteiger partial charge in [-0.3, -0.25) is 4.52 Å². The zero-order valence-corrected chi connectivity index (χ0v) is 18.3. The molecule has 0 atom stereocenters. The van der Waals surface area contributed by atoms with Gasteiger partial charge in [0.15, 0.2) is 0 Å². The van der Waals surface area contributed by atoms with Gasteiger partial charge in [0.2, 0.25) is 0 Å². The van der Waals surface area contributed by atoms with Crippen molar-refractivity contribution in [2.75, 3.05) is 6.61 Å². The molecule has 7 heteroatoms. The van der Waals surface area contributed by atoms with E-state index < -0.39 is 19.4 Å². The molecule has 0 aliphatic heterocycles. The van der Waals surface area contributed by atoms with Crippen molar-refractivity contribution >= 4 is 13.8 Å². The van der Waals surface area contributed by atoms with E-state index in [0.717, 1.165) is 64.2 Å². The van der Waals surface area contributed by atoms with E-state index in [1.54, 1.807) is 6.92 Å². The molecule has 0 aromatic heterocycles. The van der Waals surface area contributed by atoms with Gasteiger partial charge >= 0.3 is 13.8 Å². The van der Waals surface area contributed by atoms with Crippen LogP contribution in [0.15, 0.2) is 12.2 Å². The van der Waals surface area contributed by atoms with Crippen molar-refractivity contribution in [2.45, 2.75) is 103 Å². The lowest BCUT2D eigenvalue weighted by Gasteiger charge is -2.34. The Balaban J connectivity index is 5.10. The van der Waals surface area contributed by atoms with Gasteiger partial charge in [-0.2, -0.15) is 0 Å². The highest BCUT2D eigenvalue weighted by atomic mass is 31.2. The standard InChI is InChI=1S/C20H39O6P/c1-5-7-9-11-13-15-20(17-25-27(22,23)24,26-19(21)18(3)4)16-14-12-10-8-6-2/h3,5-17H2,1-2,4H3,(H2,22,23,24). The van der Waals surface area contributed by atoms with Gasteiger partial charge in [-0.15, -0.1) is 0 Å². The molecule has 0 heterocycles. The van der Waals surface area contributed by atoms with E-state index in [1.165, 1.54) is 0 Å². The quantitative estimate of drug-likeness (QED) is 0.140. The van der Waals surface area contributed by atoms with E-state index in [1.807, 2.05) is 0 Å². The summed E-state index contributed by atoms with van der Waals surface area (Å²) in [7, 11) is -4.64. The maximum absolute atomic E-state index is 12.2. The number of phosphoric ester groups is 1. The molecule has 0 unspecified atom stereocenters.